The first-order valence-electron chi connectivity index (χ1n) is 9.85. The molecule has 1 nitrogen and oxygen atoms in total. The van der Waals surface area contributed by atoms with Crippen LogP contribution in [0.15, 0.2) is 44.6 Å². The van der Waals surface area contributed by atoms with Gasteiger partial charge in [0.05, 0.1) is 0 Å². The van der Waals surface area contributed by atoms with Gasteiger partial charge in [0.15, 0.2) is 0 Å². The third kappa shape index (κ3) is 2.17. The molecule has 0 aromatic rings. The molecule has 1 aliphatic heterocycles. The number of hydrogen-bond acceptors (Lipinski definition) is 1. The zero-order valence-corrected chi connectivity index (χ0v) is 18.0. The van der Waals surface area contributed by atoms with Crippen LogP contribution in [0.3, 0.4) is 0 Å². The summed E-state index contributed by atoms with van der Waals surface area (Å²) in [5.41, 5.74) is 11.8. The second-order valence-electron chi connectivity index (χ2n) is 9.53. The fourth-order valence-electron chi connectivity index (χ4n) is 5.96. The maximum atomic E-state index is 6.74. The van der Waals surface area contributed by atoms with Crippen LogP contribution in [0.4, 0.5) is 0 Å². The largest absolute Gasteiger partial charge is 0.366 e. The highest BCUT2D eigenvalue weighted by molar-refractivity contribution is 5.63. The van der Waals surface area contributed by atoms with E-state index < -0.39 is 0 Å². The molecule has 3 aliphatic rings. The number of rotatable bonds is 2. The molecule has 1 heterocycles. The Kier molecular flexibility index (Phi) is 4.08. The normalized spacial score (nSPS) is 28.1. The lowest BCUT2D eigenvalue weighted by molar-refractivity contribution is 0.0406. The molecule has 0 aromatic heterocycles. The van der Waals surface area contributed by atoms with Gasteiger partial charge in [0, 0.05) is 17.4 Å². The second-order valence-corrected chi connectivity index (χ2v) is 9.53. The summed E-state index contributed by atoms with van der Waals surface area (Å²) in [5.74, 6) is 0. The van der Waals surface area contributed by atoms with Crippen molar-refractivity contribution in [3.63, 3.8) is 0 Å². The van der Waals surface area contributed by atoms with E-state index in [1.165, 1.54) is 44.6 Å². The van der Waals surface area contributed by atoms with Crippen LogP contribution >= 0.6 is 0 Å². The van der Waals surface area contributed by atoms with Gasteiger partial charge in [0.1, 0.15) is 5.60 Å². The molecular formula is C24H36O. The summed E-state index contributed by atoms with van der Waals surface area (Å²) in [5, 5.41) is 0. The van der Waals surface area contributed by atoms with Gasteiger partial charge in [-0.15, -0.1) is 0 Å². The maximum Gasteiger partial charge on any atom is 0.113 e. The molecule has 1 fully saturated rings. The molecule has 0 aromatic carbocycles. The molecule has 0 saturated carbocycles. The van der Waals surface area contributed by atoms with Crippen LogP contribution < -0.4 is 0 Å². The molecule has 0 bridgehead atoms. The first kappa shape index (κ1) is 18.7. The van der Waals surface area contributed by atoms with E-state index in [9.17, 15) is 0 Å². The highest BCUT2D eigenvalue weighted by atomic mass is 16.5. The van der Waals surface area contributed by atoms with Crippen molar-refractivity contribution < 1.29 is 4.74 Å². The van der Waals surface area contributed by atoms with Gasteiger partial charge >= 0.3 is 0 Å². The van der Waals surface area contributed by atoms with Crippen molar-refractivity contribution in [1.82, 2.24) is 0 Å². The molecule has 0 spiro atoms. The van der Waals surface area contributed by atoms with Gasteiger partial charge < -0.3 is 4.74 Å². The van der Waals surface area contributed by atoms with Gasteiger partial charge in [-0.2, -0.15) is 0 Å². The first-order chi connectivity index (χ1) is 11.4. The summed E-state index contributed by atoms with van der Waals surface area (Å²) in [7, 11) is 0. The molecule has 3 rings (SSSR count). The van der Waals surface area contributed by atoms with Gasteiger partial charge in [-0.05, 0) is 87.8 Å². The highest BCUT2D eigenvalue weighted by Gasteiger charge is 2.56. The molecule has 138 valence electrons. The summed E-state index contributed by atoms with van der Waals surface area (Å²) < 4.78 is 6.74. The summed E-state index contributed by atoms with van der Waals surface area (Å²) in [6, 6.07) is 0. The van der Waals surface area contributed by atoms with Gasteiger partial charge in [-0.3, -0.25) is 0 Å². The summed E-state index contributed by atoms with van der Waals surface area (Å²) in [6.45, 7) is 24.3. The second kappa shape index (κ2) is 5.46. The van der Waals surface area contributed by atoms with Crippen LogP contribution in [-0.4, -0.2) is 12.2 Å². The quantitative estimate of drug-likeness (QED) is 0.530. The maximum absolute atomic E-state index is 6.74. The van der Waals surface area contributed by atoms with Gasteiger partial charge in [0.2, 0.25) is 0 Å². The molecule has 1 saturated heterocycles. The highest BCUT2D eigenvalue weighted by Crippen LogP contribution is 2.62. The van der Waals surface area contributed by atoms with Crippen LogP contribution in [0.5, 0.6) is 0 Å². The smallest absolute Gasteiger partial charge is 0.113 e. The third-order valence-electron chi connectivity index (χ3n) is 7.95. The van der Waals surface area contributed by atoms with E-state index in [1.807, 2.05) is 0 Å². The van der Waals surface area contributed by atoms with E-state index in [0.29, 0.717) is 0 Å². The topological polar surface area (TPSA) is 9.23 Å². The van der Waals surface area contributed by atoms with Crippen LogP contribution in [-0.2, 0) is 4.74 Å². The minimum absolute atomic E-state index is 0.0618. The lowest BCUT2D eigenvalue weighted by Crippen LogP contribution is -2.43. The molecular weight excluding hydrogens is 304 g/mol. The van der Waals surface area contributed by atoms with Crippen molar-refractivity contribution in [2.45, 2.75) is 87.7 Å². The lowest BCUT2D eigenvalue weighted by atomic mass is 9.63. The lowest BCUT2D eigenvalue weighted by Gasteiger charge is -2.45. The average Bonchev–Trinajstić information content (AvgIpc) is 3.09. The van der Waals surface area contributed by atoms with E-state index >= 15 is 0 Å². The van der Waals surface area contributed by atoms with E-state index in [2.05, 4.69) is 69.2 Å². The van der Waals surface area contributed by atoms with Gasteiger partial charge in [0.25, 0.3) is 0 Å². The van der Waals surface area contributed by atoms with Crippen molar-refractivity contribution in [2.75, 3.05) is 6.61 Å². The van der Waals surface area contributed by atoms with Crippen molar-refractivity contribution in [3.05, 3.63) is 44.6 Å². The summed E-state index contributed by atoms with van der Waals surface area (Å²) in [4.78, 5) is 0. The Morgan fingerprint density at radius 1 is 0.640 bits per heavy atom. The van der Waals surface area contributed by atoms with Crippen LogP contribution in [0.1, 0.15) is 82.1 Å². The predicted octanol–water partition coefficient (Wildman–Crippen LogP) is 6.92. The molecule has 0 radical (unpaired) electrons. The van der Waals surface area contributed by atoms with E-state index in [-0.39, 0.29) is 16.4 Å². The fourth-order valence-corrected chi connectivity index (χ4v) is 5.96. The van der Waals surface area contributed by atoms with Crippen LogP contribution in [0.2, 0.25) is 0 Å². The SMILES string of the molecule is CC1=C(C)C(C)(C)C(C2(C3=C(C)C(C)=C(C)C3(C)C)CCCO2)=C1C. The van der Waals surface area contributed by atoms with E-state index in [4.69, 9.17) is 4.74 Å². The Labute approximate surface area is 154 Å². The predicted molar refractivity (Wildman–Crippen MR) is 108 cm³/mol. The molecule has 0 unspecified atom stereocenters. The van der Waals surface area contributed by atoms with Crippen molar-refractivity contribution in [2.24, 2.45) is 10.8 Å². The number of allylic oxidation sites excluding steroid dienone is 6. The Morgan fingerprint density at radius 2 is 1.04 bits per heavy atom. The van der Waals surface area contributed by atoms with Crippen molar-refractivity contribution >= 4 is 0 Å². The van der Waals surface area contributed by atoms with Crippen LogP contribution in [0, 0.1) is 10.8 Å². The molecule has 2 aliphatic carbocycles. The Balaban J connectivity index is 2.30. The fraction of sp³-hybridized carbons (Fsp3) is 0.667. The van der Waals surface area contributed by atoms with Crippen molar-refractivity contribution in [1.29, 1.82) is 0 Å². The average molecular weight is 341 g/mol. The number of hydrogen-bond donors (Lipinski definition) is 0. The van der Waals surface area contributed by atoms with E-state index in [0.717, 1.165) is 19.4 Å². The Hall–Kier alpha value is -1.08. The Bertz CT molecular complexity index is 696. The van der Waals surface area contributed by atoms with Crippen molar-refractivity contribution in [3.8, 4) is 0 Å². The monoisotopic (exact) mass is 340 g/mol. The Morgan fingerprint density at radius 3 is 1.28 bits per heavy atom. The molecule has 1 heteroatoms. The minimum atomic E-state index is -0.237. The third-order valence-corrected chi connectivity index (χ3v) is 7.95. The molecule has 0 atom stereocenters. The molecule has 0 amide bonds. The van der Waals surface area contributed by atoms with E-state index in [1.54, 1.807) is 0 Å². The first-order valence-corrected chi connectivity index (χ1v) is 9.85. The zero-order chi connectivity index (χ0) is 18.9. The summed E-state index contributed by atoms with van der Waals surface area (Å²) in [6.07, 6.45) is 2.26. The zero-order valence-electron chi connectivity index (χ0n) is 18.0. The minimum Gasteiger partial charge on any atom is -0.366 e. The van der Waals surface area contributed by atoms with Gasteiger partial charge in [-0.25, -0.2) is 0 Å². The number of ether oxygens (including phenoxy) is 1. The standard InChI is InChI=1S/C24H36O/c1-14-16(3)20(22(7,8)18(14)5)24(12-11-13-25-24)21-17(4)15(2)19(6)23(21,9)10/h11-13H2,1-10H3. The van der Waals surface area contributed by atoms with Crippen LogP contribution in [0.25, 0.3) is 0 Å². The molecule has 0 N–H and O–H groups in total. The molecule has 25 heavy (non-hydrogen) atoms. The summed E-state index contributed by atoms with van der Waals surface area (Å²) >= 11 is 0. The van der Waals surface area contributed by atoms with Gasteiger partial charge in [-0.1, -0.05) is 38.8 Å².